The first kappa shape index (κ1) is 14.1. The lowest BCUT2D eigenvalue weighted by Gasteiger charge is -2.26. The smallest absolute Gasteiger partial charge is 0.254 e. The molecule has 0 heterocycles. The lowest BCUT2D eigenvalue weighted by molar-refractivity contribution is 0.0931. The highest BCUT2D eigenvalue weighted by Gasteiger charge is 2.33. The van der Waals surface area contributed by atoms with Crippen LogP contribution in [0.1, 0.15) is 36.0 Å². The Labute approximate surface area is 116 Å². The van der Waals surface area contributed by atoms with Gasteiger partial charge in [0.05, 0.1) is 5.56 Å². The molecule has 1 aromatic rings. The first-order chi connectivity index (χ1) is 9.06. The van der Waals surface area contributed by atoms with Crippen molar-refractivity contribution in [3.63, 3.8) is 0 Å². The Morgan fingerprint density at radius 3 is 2.68 bits per heavy atom. The van der Waals surface area contributed by atoms with E-state index in [2.05, 4.69) is 5.32 Å². The highest BCUT2D eigenvalue weighted by Crippen LogP contribution is 2.38. The monoisotopic (exact) mass is 285 g/mol. The van der Waals surface area contributed by atoms with Crippen molar-refractivity contribution >= 4 is 17.5 Å². The van der Waals surface area contributed by atoms with Crippen molar-refractivity contribution in [2.24, 2.45) is 5.41 Å². The molecule has 0 bridgehead atoms. The molecule has 1 aliphatic carbocycles. The van der Waals surface area contributed by atoms with Gasteiger partial charge in [0, 0.05) is 23.9 Å². The normalized spacial score (nSPS) is 17.4. The maximum absolute atomic E-state index is 13.5. The van der Waals surface area contributed by atoms with Gasteiger partial charge >= 0.3 is 0 Å². The minimum absolute atomic E-state index is 0.0510. The number of aromatic hydroxyl groups is 1. The molecule has 0 spiro atoms. The van der Waals surface area contributed by atoms with Crippen molar-refractivity contribution in [3.05, 3.63) is 29.6 Å². The first-order valence-corrected chi connectivity index (χ1v) is 6.92. The molecule has 0 radical (unpaired) electrons. The summed E-state index contributed by atoms with van der Waals surface area (Å²) in [5, 5.41) is 11.9. The van der Waals surface area contributed by atoms with E-state index in [9.17, 15) is 9.18 Å². The van der Waals surface area contributed by atoms with Crippen molar-refractivity contribution in [2.45, 2.75) is 25.7 Å². The topological polar surface area (TPSA) is 49.3 Å². The Hall–Kier alpha value is -1.29. The van der Waals surface area contributed by atoms with E-state index in [4.69, 9.17) is 16.7 Å². The summed E-state index contributed by atoms with van der Waals surface area (Å²) in [5.41, 5.74) is -0.106. The summed E-state index contributed by atoms with van der Waals surface area (Å²) in [4.78, 5) is 11.9. The number of hydrogen-bond acceptors (Lipinski definition) is 2. The van der Waals surface area contributed by atoms with Crippen LogP contribution in [-0.4, -0.2) is 23.4 Å². The summed E-state index contributed by atoms with van der Waals surface area (Å²) in [6, 6.07) is 3.51. The van der Waals surface area contributed by atoms with E-state index in [1.165, 1.54) is 12.1 Å². The highest BCUT2D eigenvalue weighted by atomic mass is 35.5. The fourth-order valence-electron chi connectivity index (χ4n) is 2.53. The molecule has 0 aromatic heterocycles. The first-order valence-electron chi connectivity index (χ1n) is 6.39. The summed E-state index contributed by atoms with van der Waals surface area (Å²) >= 11 is 5.99. The van der Waals surface area contributed by atoms with Crippen molar-refractivity contribution < 1.29 is 14.3 Å². The van der Waals surface area contributed by atoms with Gasteiger partial charge in [0.25, 0.3) is 5.91 Å². The van der Waals surface area contributed by atoms with Crippen LogP contribution in [0, 0.1) is 11.2 Å². The Bertz CT molecular complexity index is 473. The molecule has 0 atom stereocenters. The van der Waals surface area contributed by atoms with Crippen LogP contribution in [0.2, 0.25) is 0 Å². The van der Waals surface area contributed by atoms with Gasteiger partial charge in [0.1, 0.15) is 11.6 Å². The zero-order chi connectivity index (χ0) is 13.9. The van der Waals surface area contributed by atoms with Gasteiger partial charge in [-0.25, -0.2) is 4.39 Å². The zero-order valence-electron chi connectivity index (χ0n) is 10.6. The van der Waals surface area contributed by atoms with Crippen LogP contribution in [0.25, 0.3) is 0 Å². The third-order valence-electron chi connectivity index (χ3n) is 3.77. The summed E-state index contributed by atoms with van der Waals surface area (Å²) in [6.45, 7) is 0.468. The van der Waals surface area contributed by atoms with Crippen LogP contribution in [0.4, 0.5) is 4.39 Å². The van der Waals surface area contributed by atoms with Crippen LogP contribution in [-0.2, 0) is 0 Å². The number of phenolic OH excluding ortho intramolecular Hbond substituents is 1. The van der Waals surface area contributed by atoms with Crippen LogP contribution < -0.4 is 5.32 Å². The molecule has 19 heavy (non-hydrogen) atoms. The van der Waals surface area contributed by atoms with Crippen molar-refractivity contribution in [1.29, 1.82) is 0 Å². The summed E-state index contributed by atoms with van der Waals surface area (Å²) in [5.74, 6) is -0.870. The molecule has 1 aromatic carbocycles. The van der Waals surface area contributed by atoms with Gasteiger partial charge in [-0.15, -0.1) is 11.6 Å². The number of halogens is 2. The number of amides is 1. The third-order valence-corrected chi connectivity index (χ3v) is 4.34. The third kappa shape index (κ3) is 3.18. The second-order valence-corrected chi connectivity index (χ2v) is 5.45. The van der Waals surface area contributed by atoms with Crippen LogP contribution >= 0.6 is 11.6 Å². The lowest BCUT2D eigenvalue weighted by atomic mass is 9.88. The number of carbonyl (C=O) groups excluding carboxylic acids is 1. The molecule has 0 aliphatic heterocycles. The van der Waals surface area contributed by atoms with Crippen LogP contribution in [0.5, 0.6) is 5.75 Å². The van der Waals surface area contributed by atoms with E-state index >= 15 is 0 Å². The maximum Gasteiger partial charge on any atom is 0.254 e. The summed E-state index contributed by atoms with van der Waals surface area (Å²) in [6.07, 6.45) is 4.23. The molecule has 5 heteroatoms. The fraction of sp³-hybridized carbons (Fsp3) is 0.500. The standard InChI is InChI=1S/C14H17ClFNO2/c15-8-14(5-1-2-6-14)9-17-13(19)11-4-3-10(18)7-12(11)16/h3-4,7,18H,1-2,5-6,8-9H2,(H,17,19). The van der Waals surface area contributed by atoms with Crippen LogP contribution in [0.15, 0.2) is 18.2 Å². The quantitative estimate of drug-likeness (QED) is 0.835. The molecule has 2 rings (SSSR count). The van der Waals surface area contributed by atoms with Crippen LogP contribution in [0.3, 0.4) is 0 Å². The van der Waals surface area contributed by atoms with Gasteiger partial charge in [0.15, 0.2) is 0 Å². The molecule has 1 aliphatic rings. The average Bonchev–Trinajstić information content (AvgIpc) is 2.85. The van der Waals surface area contributed by atoms with E-state index < -0.39 is 11.7 Å². The molecule has 0 unspecified atom stereocenters. The number of hydrogen-bond donors (Lipinski definition) is 2. The van der Waals surface area contributed by atoms with E-state index in [-0.39, 0.29) is 16.7 Å². The van der Waals surface area contributed by atoms with Gasteiger partial charge in [-0.3, -0.25) is 4.79 Å². The number of rotatable bonds is 4. The molecule has 1 fully saturated rings. The molecule has 1 amide bonds. The zero-order valence-corrected chi connectivity index (χ0v) is 11.3. The van der Waals surface area contributed by atoms with Crippen molar-refractivity contribution in [3.8, 4) is 5.75 Å². The predicted molar refractivity (Wildman–Crippen MR) is 72.0 cm³/mol. The average molecular weight is 286 g/mol. The minimum atomic E-state index is -0.719. The van der Waals surface area contributed by atoms with Gasteiger partial charge in [-0.1, -0.05) is 12.8 Å². The largest absolute Gasteiger partial charge is 0.508 e. The van der Waals surface area contributed by atoms with E-state index in [0.717, 1.165) is 31.7 Å². The number of phenols is 1. The van der Waals surface area contributed by atoms with E-state index in [1.807, 2.05) is 0 Å². The Kier molecular flexibility index (Phi) is 4.30. The second-order valence-electron chi connectivity index (χ2n) is 5.19. The number of alkyl halides is 1. The predicted octanol–water partition coefficient (Wildman–Crippen LogP) is 3.06. The highest BCUT2D eigenvalue weighted by molar-refractivity contribution is 6.18. The SMILES string of the molecule is O=C(NCC1(CCl)CCCC1)c1ccc(O)cc1F. The fourth-order valence-corrected chi connectivity index (χ4v) is 2.90. The Balaban J connectivity index is 2.01. The molecular weight excluding hydrogens is 269 g/mol. The van der Waals surface area contributed by atoms with Gasteiger partial charge in [-0.05, 0) is 25.0 Å². The van der Waals surface area contributed by atoms with E-state index in [1.54, 1.807) is 0 Å². The lowest BCUT2D eigenvalue weighted by Crippen LogP contribution is -2.37. The molecule has 104 valence electrons. The molecule has 2 N–H and O–H groups in total. The molecular formula is C14H17ClFNO2. The maximum atomic E-state index is 13.5. The van der Waals surface area contributed by atoms with Crippen molar-refractivity contribution in [1.82, 2.24) is 5.32 Å². The summed E-state index contributed by atoms with van der Waals surface area (Å²) < 4.78 is 13.5. The van der Waals surface area contributed by atoms with Gasteiger partial charge in [-0.2, -0.15) is 0 Å². The number of nitrogens with one attached hydrogen (secondary N) is 1. The number of carbonyl (C=O) groups is 1. The van der Waals surface area contributed by atoms with Gasteiger partial charge in [0.2, 0.25) is 0 Å². The van der Waals surface area contributed by atoms with E-state index in [0.29, 0.717) is 12.4 Å². The molecule has 0 saturated heterocycles. The molecule has 3 nitrogen and oxygen atoms in total. The number of benzene rings is 1. The van der Waals surface area contributed by atoms with Crippen molar-refractivity contribution in [2.75, 3.05) is 12.4 Å². The Morgan fingerprint density at radius 1 is 1.42 bits per heavy atom. The second kappa shape index (κ2) is 5.78. The van der Waals surface area contributed by atoms with Gasteiger partial charge < -0.3 is 10.4 Å². The Morgan fingerprint density at radius 2 is 2.11 bits per heavy atom. The molecule has 1 saturated carbocycles. The minimum Gasteiger partial charge on any atom is -0.508 e. The summed E-state index contributed by atoms with van der Waals surface area (Å²) in [7, 11) is 0.